The van der Waals surface area contributed by atoms with Gasteiger partial charge in [-0.2, -0.15) is 0 Å². The summed E-state index contributed by atoms with van der Waals surface area (Å²) >= 11 is 0. The number of hydrogen-bond donors (Lipinski definition) is 1. The molecule has 1 saturated heterocycles. The second-order valence-electron chi connectivity index (χ2n) is 4.98. The Kier molecular flexibility index (Phi) is 4.20. The van der Waals surface area contributed by atoms with E-state index in [9.17, 15) is 9.59 Å². The third kappa shape index (κ3) is 3.13. The van der Waals surface area contributed by atoms with Crippen LogP contribution in [0.2, 0.25) is 0 Å². The minimum Gasteiger partial charge on any atom is -0.344 e. The molecule has 1 atom stereocenters. The number of rotatable bonds is 4. The number of carbonyl (C=O) groups excluding carboxylic acids is 2. The number of benzene rings is 1. The van der Waals surface area contributed by atoms with E-state index in [1.54, 1.807) is 4.90 Å². The summed E-state index contributed by atoms with van der Waals surface area (Å²) in [4.78, 5) is 25.5. The summed E-state index contributed by atoms with van der Waals surface area (Å²) in [6, 6.07) is 7.52. The van der Waals surface area contributed by atoms with Crippen LogP contribution >= 0.6 is 0 Å². The standard InChI is InChI=1S/C15H20N2O2/c1-3-4-14(18)16-13-9-10-17(15(13)19)12-7-5-11(2)6-8-12/h5-8,13H,3-4,9-10H2,1-2H3,(H,16,18)/t13-/m1/s1. The van der Waals surface area contributed by atoms with Crippen LogP contribution in [-0.2, 0) is 9.59 Å². The van der Waals surface area contributed by atoms with Crippen molar-refractivity contribution in [2.45, 2.75) is 39.2 Å². The molecule has 1 heterocycles. The maximum absolute atomic E-state index is 12.2. The molecule has 4 nitrogen and oxygen atoms in total. The minimum absolute atomic E-state index is 0.00620. The van der Waals surface area contributed by atoms with Gasteiger partial charge in [0.05, 0.1) is 0 Å². The molecule has 2 amide bonds. The Morgan fingerprint density at radius 3 is 2.68 bits per heavy atom. The van der Waals surface area contributed by atoms with Gasteiger partial charge in [-0.05, 0) is 31.9 Å². The molecule has 0 aliphatic carbocycles. The van der Waals surface area contributed by atoms with Crippen LogP contribution in [0, 0.1) is 6.92 Å². The number of amides is 2. The van der Waals surface area contributed by atoms with E-state index in [4.69, 9.17) is 0 Å². The van der Waals surface area contributed by atoms with Crippen LogP contribution in [0.1, 0.15) is 31.7 Å². The van der Waals surface area contributed by atoms with E-state index in [1.807, 2.05) is 38.1 Å². The normalized spacial score (nSPS) is 18.7. The van der Waals surface area contributed by atoms with Crippen molar-refractivity contribution < 1.29 is 9.59 Å². The van der Waals surface area contributed by atoms with Gasteiger partial charge in [0, 0.05) is 18.7 Å². The van der Waals surface area contributed by atoms with Gasteiger partial charge in [0.25, 0.3) is 0 Å². The van der Waals surface area contributed by atoms with Crippen molar-refractivity contribution in [3.63, 3.8) is 0 Å². The first-order valence-electron chi connectivity index (χ1n) is 6.79. The molecule has 1 aromatic carbocycles. The third-order valence-electron chi connectivity index (χ3n) is 3.36. The fourth-order valence-corrected chi connectivity index (χ4v) is 2.29. The van der Waals surface area contributed by atoms with Gasteiger partial charge in [-0.3, -0.25) is 9.59 Å². The number of anilines is 1. The molecule has 4 heteroatoms. The SMILES string of the molecule is CCCC(=O)N[C@@H]1CCN(c2ccc(C)cc2)C1=O. The van der Waals surface area contributed by atoms with Crippen molar-refractivity contribution in [3.8, 4) is 0 Å². The topological polar surface area (TPSA) is 49.4 Å². The largest absolute Gasteiger partial charge is 0.344 e. The van der Waals surface area contributed by atoms with E-state index in [2.05, 4.69) is 5.32 Å². The van der Waals surface area contributed by atoms with E-state index < -0.39 is 0 Å². The fourth-order valence-electron chi connectivity index (χ4n) is 2.29. The van der Waals surface area contributed by atoms with Crippen molar-refractivity contribution in [2.24, 2.45) is 0 Å². The maximum atomic E-state index is 12.2. The quantitative estimate of drug-likeness (QED) is 0.900. The molecule has 102 valence electrons. The van der Waals surface area contributed by atoms with E-state index in [0.29, 0.717) is 19.4 Å². The molecule has 1 aromatic rings. The lowest BCUT2D eigenvalue weighted by molar-refractivity contribution is -0.126. The Balaban J connectivity index is 2.01. The van der Waals surface area contributed by atoms with E-state index in [0.717, 1.165) is 12.1 Å². The zero-order chi connectivity index (χ0) is 13.8. The average molecular weight is 260 g/mol. The van der Waals surface area contributed by atoms with Gasteiger partial charge >= 0.3 is 0 Å². The average Bonchev–Trinajstić information content (AvgIpc) is 2.73. The fraction of sp³-hybridized carbons (Fsp3) is 0.467. The molecule has 0 radical (unpaired) electrons. The van der Waals surface area contributed by atoms with E-state index >= 15 is 0 Å². The zero-order valence-electron chi connectivity index (χ0n) is 11.5. The molecule has 19 heavy (non-hydrogen) atoms. The van der Waals surface area contributed by atoms with Crippen LogP contribution in [0.15, 0.2) is 24.3 Å². The first-order chi connectivity index (χ1) is 9.11. The molecule has 0 spiro atoms. The highest BCUT2D eigenvalue weighted by molar-refractivity contribution is 6.01. The van der Waals surface area contributed by atoms with Crippen molar-refractivity contribution in [2.75, 3.05) is 11.4 Å². The summed E-state index contributed by atoms with van der Waals surface area (Å²) < 4.78 is 0. The molecule has 1 aliphatic rings. The lowest BCUT2D eigenvalue weighted by Crippen LogP contribution is -2.41. The van der Waals surface area contributed by atoms with Crippen molar-refractivity contribution in [1.29, 1.82) is 0 Å². The molecular formula is C15H20N2O2. The highest BCUT2D eigenvalue weighted by Gasteiger charge is 2.33. The number of hydrogen-bond acceptors (Lipinski definition) is 2. The van der Waals surface area contributed by atoms with E-state index in [1.165, 1.54) is 5.56 Å². The van der Waals surface area contributed by atoms with Crippen LogP contribution in [0.25, 0.3) is 0 Å². The number of nitrogens with zero attached hydrogens (tertiary/aromatic N) is 1. The summed E-state index contributed by atoms with van der Waals surface area (Å²) in [6.45, 7) is 4.64. The lowest BCUT2D eigenvalue weighted by atomic mass is 10.2. The second-order valence-corrected chi connectivity index (χ2v) is 4.98. The molecule has 0 saturated carbocycles. The van der Waals surface area contributed by atoms with Crippen LogP contribution in [0.3, 0.4) is 0 Å². The second kappa shape index (κ2) is 5.87. The highest BCUT2D eigenvalue weighted by Crippen LogP contribution is 2.22. The highest BCUT2D eigenvalue weighted by atomic mass is 16.2. The minimum atomic E-state index is -0.361. The Morgan fingerprint density at radius 1 is 1.37 bits per heavy atom. The van der Waals surface area contributed by atoms with Crippen molar-refractivity contribution >= 4 is 17.5 Å². The summed E-state index contributed by atoms with van der Waals surface area (Å²) in [5.41, 5.74) is 2.08. The predicted octanol–water partition coefficient (Wildman–Crippen LogP) is 2.02. The molecule has 0 bridgehead atoms. The summed E-state index contributed by atoms with van der Waals surface area (Å²) in [5, 5.41) is 2.81. The van der Waals surface area contributed by atoms with Crippen LogP contribution in [0.4, 0.5) is 5.69 Å². The number of nitrogens with one attached hydrogen (secondary N) is 1. The Morgan fingerprint density at radius 2 is 2.05 bits per heavy atom. The third-order valence-corrected chi connectivity index (χ3v) is 3.36. The smallest absolute Gasteiger partial charge is 0.249 e. The first kappa shape index (κ1) is 13.6. The van der Waals surface area contributed by atoms with Gasteiger partial charge in [-0.25, -0.2) is 0 Å². The molecule has 1 fully saturated rings. The summed E-state index contributed by atoms with van der Waals surface area (Å²) in [5.74, 6) is -0.0417. The van der Waals surface area contributed by atoms with Crippen LogP contribution in [0.5, 0.6) is 0 Å². The maximum Gasteiger partial charge on any atom is 0.249 e. The summed E-state index contributed by atoms with van der Waals surface area (Å²) in [7, 11) is 0. The number of aryl methyl sites for hydroxylation is 1. The van der Waals surface area contributed by atoms with Crippen molar-refractivity contribution in [3.05, 3.63) is 29.8 Å². The van der Waals surface area contributed by atoms with Crippen molar-refractivity contribution in [1.82, 2.24) is 5.32 Å². The molecule has 0 aromatic heterocycles. The van der Waals surface area contributed by atoms with E-state index in [-0.39, 0.29) is 17.9 Å². The van der Waals surface area contributed by atoms with Crippen LogP contribution < -0.4 is 10.2 Å². The Bertz CT molecular complexity index is 468. The molecule has 1 aliphatic heterocycles. The monoisotopic (exact) mass is 260 g/mol. The molecular weight excluding hydrogens is 240 g/mol. The van der Waals surface area contributed by atoms with Gasteiger partial charge in [-0.1, -0.05) is 24.6 Å². The van der Waals surface area contributed by atoms with Gasteiger partial charge in [0.1, 0.15) is 6.04 Å². The van der Waals surface area contributed by atoms with Gasteiger partial charge in [-0.15, -0.1) is 0 Å². The van der Waals surface area contributed by atoms with Crippen LogP contribution in [-0.4, -0.2) is 24.4 Å². The van der Waals surface area contributed by atoms with Gasteiger partial charge in [0.2, 0.25) is 11.8 Å². The lowest BCUT2D eigenvalue weighted by Gasteiger charge is -2.17. The zero-order valence-corrected chi connectivity index (χ0v) is 11.5. The van der Waals surface area contributed by atoms with Gasteiger partial charge < -0.3 is 10.2 Å². The summed E-state index contributed by atoms with van der Waals surface area (Å²) in [6.07, 6.45) is 1.96. The first-order valence-corrected chi connectivity index (χ1v) is 6.79. The van der Waals surface area contributed by atoms with Gasteiger partial charge in [0.15, 0.2) is 0 Å². The Hall–Kier alpha value is -1.84. The molecule has 2 rings (SSSR count). The Labute approximate surface area is 113 Å². The number of carbonyl (C=O) groups is 2. The predicted molar refractivity (Wildman–Crippen MR) is 75.0 cm³/mol. The molecule has 1 N–H and O–H groups in total. The molecule has 0 unspecified atom stereocenters.